The lowest BCUT2D eigenvalue weighted by Gasteiger charge is -2.09. The van der Waals surface area contributed by atoms with E-state index in [1.165, 1.54) is 0 Å². The minimum atomic E-state index is -0.167. The van der Waals surface area contributed by atoms with Gasteiger partial charge in [0.05, 0.1) is 20.5 Å². The number of para-hydroxylation sites is 1. The fraction of sp³-hybridized carbons (Fsp3) is 0.211. The Kier molecular flexibility index (Phi) is 4.70. The number of furan rings is 1. The van der Waals surface area contributed by atoms with Crippen LogP contribution < -0.4 is 14.8 Å². The van der Waals surface area contributed by atoms with Crippen molar-refractivity contribution < 1.29 is 18.7 Å². The first-order chi connectivity index (χ1) is 11.7. The van der Waals surface area contributed by atoms with Gasteiger partial charge in [-0.25, -0.2) is 0 Å². The fourth-order valence-electron chi connectivity index (χ4n) is 2.58. The second-order valence-electron chi connectivity index (χ2n) is 5.36. The molecule has 0 saturated carbocycles. The van der Waals surface area contributed by atoms with Crippen LogP contribution >= 0.6 is 0 Å². The maximum absolute atomic E-state index is 12.3. The molecule has 0 spiro atoms. The third kappa shape index (κ3) is 3.35. The minimum Gasteiger partial charge on any atom is -0.497 e. The van der Waals surface area contributed by atoms with E-state index in [4.69, 9.17) is 13.9 Å². The van der Waals surface area contributed by atoms with Crippen LogP contribution in [0.5, 0.6) is 11.5 Å². The van der Waals surface area contributed by atoms with Crippen LogP contribution in [-0.4, -0.2) is 26.7 Å². The highest BCUT2D eigenvalue weighted by Crippen LogP contribution is 2.23. The molecule has 1 aromatic heterocycles. The third-order valence-electron chi connectivity index (χ3n) is 3.85. The number of ether oxygens (including phenoxy) is 2. The van der Waals surface area contributed by atoms with Gasteiger partial charge in [-0.05, 0) is 30.2 Å². The summed E-state index contributed by atoms with van der Waals surface area (Å²) in [6.45, 7) is 0.516. The normalized spacial score (nSPS) is 10.6. The monoisotopic (exact) mass is 325 g/mol. The van der Waals surface area contributed by atoms with Gasteiger partial charge in [-0.2, -0.15) is 0 Å². The van der Waals surface area contributed by atoms with E-state index in [0.717, 1.165) is 16.5 Å². The predicted octanol–water partition coefficient (Wildman–Crippen LogP) is 3.42. The first kappa shape index (κ1) is 15.9. The summed E-state index contributed by atoms with van der Waals surface area (Å²) in [6, 6.07) is 13.0. The van der Waals surface area contributed by atoms with Gasteiger partial charge < -0.3 is 19.2 Å². The lowest BCUT2D eigenvalue weighted by atomic mass is 10.1. The Labute approximate surface area is 140 Å². The largest absolute Gasteiger partial charge is 0.497 e. The lowest BCUT2D eigenvalue weighted by Crippen LogP contribution is -2.25. The number of amides is 1. The summed E-state index contributed by atoms with van der Waals surface area (Å²) in [5.74, 6) is 1.00. The van der Waals surface area contributed by atoms with Crippen LogP contribution in [0.1, 0.15) is 15.9 Å². The number of rotatable bonds is 6. The minimum absolute atomic E-state index is 0.167. The number of hydrogen-bond donors (Lipinski definition) is 1. The molecule has 124 valence electrons. The van der Waals surface area contributed by atoms with Crippen molar-refractivity contribution in [2.45, 2.75) is 6.42 Å². The van der Waals surface area contributed by atoms with E-state index >= 15 is 0 Å². The Morgan fingerprint density at radius 3 is 2.50 bits per heavy atom. The van der Waals surface area contributed by atoms with Crippen molar-refractivity contribution in [3.63, 3.8) is 0 Å². The summed E-state index contributed by atoms with van der Waals surface area (Å²) in [4.78, 5) is 12.3. The predicted molar refractivity (Wildman–Crippen MR) is 91.8 cm³/mol. The van der Waals surface area contributed by atoms with Gasteiger partial charge in [-0.3, -0.25) is 4.79 Å². The fourth-order valence-corrected chi connectivity index (χ4v) is 2.58. The summed E-state index contributed by atoms with van der Waals surface area (Å²) in [7, 11) is 3.11. The SMILES string of the molecule is COc1cc(OC)cc(C(=O)NCCc2coc3ccccc23)c1. The van der Waals surface area contributed by atoms with Crippen LogP contribution in [0.3, 0.4) is 0 Å². The average molecular weight is 325 g/mol. The molecule has 0 atom stereocenters. The second-order valence-corrected chi connectivity index (χ2v) is 5.36. The Morgan fingerprint density at radius 1 is 1.08 bits per heavy atom. The summed E-state index contributed by atoms with van der Waals surface area (Å²) in [5, 5.41) is 3.99. The summed E-state index contributed by atoms with van der Waals surface area (Å²) < 4.78 is 15.9. The third-order valence-corrected chi connectivity index (χ3v) is 3.85. The number of carbonyl (C=O) groups excluding carboxylic acids is 1. The van der Waals surface area contributed by atoms with Crippen molar-refractivity contribution in [1.29, 1.82) is 0 Å². The number of carbonyl (C=O) groups is 1. The topological polar surface area (TPSA) is 60.7 Å². The van der Waals surface area contributed by atoms with Crippen molar-refractivity contribution in [3.05, 3.63) is 59.9 Å². The van der Waals surface area contributed by atoms with E-state index in [-0.39, 0.29) is 5.91 Å². The average Bonchev–Trinajstić information content (AvgIpc) is 3.04. The van der Waals surface area contributed by atoms with Crippen LogP contribution in [0.15, 0.2) is 53.1 Å². The number of hydrogen-bond acceptors (Lipinski definition) is 4. The first-order valence-corrected chi connectivity index (χ1v) is 7.67. The highest BCUT2D eigenvalue weighted by atomic mass is 16.5. The lowest BCUT2D eigenvalue weighted by molar-refractivity contribution is 0.0953. The maximum atomic E-state index is 12.3. The zero-order valence-corrected chi connectivity index (χ0v) is 13.7. The van der Waals surface area contributed by atoms with E-state index < -0.39 is 0 Å². The number of nitrogens with one attached hydrogen (secondary N) is 1. The zero-order valence-electron chi connectivity index (χ0n) is 13.7. The van der Waals surface area contributed by atoms with Gasteiger partial charge in [0.25, 0.3) is 5.91 Å². The Balaban J connectivity index is 1.65. The van der Waals surface area contributed by atoms with E-state index in [9.17, 15) is 4.79 Å². The molecule has 0 radical (unpaired) electrons. The van der Waals surface area contributed by atoms with Crippen molar-refractivity contribution in [2.24, 2.45) is 0 Å². The van der Waals surface area contributed by atoms with Crippen molar-refractivity contribution >= 4 is 16.9 Å². The molecule has 0 bridgehead atoms. The van der Waals surface area contributed by atoms with Crippen LogP contribution in [0.2, 0.25) is 0 Å². The van der Waals surface area contributed by atoms with Gasteiger partial charge in [0.15, 0.2) is 0 Å². The molecule has 0 saturated heterocycles. The Bertz CT molecular complexity index is 831. The molecule has 5 nitrogen and oxygen atoms in total. The van der Waals surface area contributed by atoms with Crippen LogP contribution in [0.4, 0.5) is 0 Å². The molecule has 3 rings (SSSR count). The van der Waals surface area contributed by atoms with Gasteiger partial charge in [0.2, 0.25) is 0 Å². The molecular formula is C19H19NO4. The van der Waals surface area contributed by atoms with E-state index in [2.05, 4.69) is 5.32 Å². The van der Waals surface area contributed by atoms with Crippen molar-refractivity contribution in [2.75, 3.05) is 20.8 Å². The van der Waals surface area contributed by atoms with Gasteiger partial charge in [0.1, 0.15) is 17.1 Å². The summed E-state index contributed by atoms with van der Waals surface area (Å²) in [6.07, 6.45) is 2.44. The van der Waals surface area contributed by atoms with Gasteiger partial charge in [0, 0.05) is 23.6 Å². The molecule has 24 heavy (non-hydrogen) atoms. The van der Waals surface area contributed by atoms with Gasteiger partial charge in [-0.15, -0.1) is 0 Å². The number of fused-ring (bicyclic) bond motifs is 1. The van der Waals surface area contributed by atoms with Gasteiger partial charge >= 0.3 is 0 Å². The molecule has 2 aromatic carbocycles. The quantitative estimate of drug-likeness (QED) is 0.754. The summed E-state index contributed by atoms with van der Waals surface area (Å²) in [5.41, 5.74) is 2.44. The summed E-state index contributed by atoms with van der Waals surface area (Å²) >= 11 is 0. The highest BCUT2D eigenvalue weighted by molar-refractivity contribution is 5.95. The Hall–Kier alpha value is -2.95. The zero-order chi connectivity index (χ0) is 16.9. The molecule has 1 amide bonds. The molecule has 1 heterocycles. The van der Waals surface area contributed by atoms with Crippen LogP contribution in [0.25, 0.3) is 11.0 Å². The molecule has 5 heteroatoms. The molecule has 0 aliphatic heterocycles. The molecule has 1 N–H and O–H groups in total. The number of benzene rings is 2. The Morgan fingerprint density at radius 2 is 1.79 bits per heavy atom. The molecule has 0 unspecified atom stereocenters. The maximum Gasteiger partial charge on any atom is 0.251 e. The highest BCUT2D eigenvalue weighted by Gasteiger charge is 2.10. The van der Waals surface area contributed by atoms with E-state index in [1.54, 1.807) is 38.7 Å². The molecule has 3 aromatic rings. The van der Waals surface area contributed by atoms with E-state index in [1.807, 2.05) is 24.3 Å². The van der Waals surface area contributed by atoms with Crippen molar-refractivity contribution in [3.8, 4) is 11.5 Å². The molecule has 0 aliphatic rings. The first-order valence-electron chi connectivity index (χ1n) is 7.67. The molecular weight excluding hydrogens is 306 g/mol. The van der Waals surface area contributed by atoms with Crippen LogP contribution in [-0.2, 0) is 6.42 Å². The number of methoxy groups -OCH3 is 2. The van der Waals surface area contributed by atoms with E-state index in [0.29, 0.717) is 30.0 Å². The van der Waals surface area contributed by atoms with Crippen LogP contribution in [0, 0.1) is 0 Å². The van der Waals surface area contributed by atoms with Gasteiger partial charge in [-0.1, -0.05) is 18.2 Å². The second kappa shape index (κ2) is 7.08. The molecule has 0 aliphatic carbocycles. The molecule has 0 fully saturated rings. The standard InChI is InChI=1S/C19H19NO4/c1-22-15-9-14(10-16(11-15)23-2)19(21)20-8-7-13-12-24-18-6-4-3-5-17(13)18/h3-6,9-12H,7-8H2,1-2H3,(H,20,21). The smallest absolute Gasteiger partial charge is 0.251 e. The van der Waals surface area contributed by atoms with Crippen molar-refractivity contribution in [1.82, 2.24) is 5.32 Å².